The lowest BCUT2D eigenvalue weighted by Crippen LogP contribution is -2.46. The lowest BCUT2D eigenvalue weighted by molar-refractivity contribution is -0.141. The number of nitrogens with two attached hydrogens (primary N) is 1. The second kappa shape index (κ2) is 5.55. The van der Waals surface area contributed by atoms with Gasteiger partial charge in [-0.05, 0) is 43.4 Å². The minimum Gasteiger partial charge on any atom is -0.480 e. The number of carboxylic acids is 1. The highest BCUT2D eigenvalue weighted by atomic mass is 32.2. The minimum absolute atomic E-state index is 0.0740. The summed E-state index contributed by atoms with van der Waals surface area (Å²) in [5.41, 5.74) is 6.03. The molecule has 0 spiro atoms. The lowest BCUT2D eigenvalue weighted by atomic mass is 9.85. The third-order valence-corrected chi connectivity index (χ3v) is 6.68. The van der Waals surface area contributed by atoms with Crippen molar-refractivity contribution in [1.82, 2.24) is 4.31 Å². The van der Waals surface area contributed by atoms with Crippen LogP contribution in [0.2, 0.25) is 0 Å². The maximum Gasteiger partial charge on any atom is 0.322 e. The van der Waals surface area contributed by atoms with E-state index in [-0.39, 0.29) is 16.9 Å². The van der Waals surface area contributed by atoms with Gasteiger partial charge in [0, 0.05) is 11.7 Å². The molecule has 0 amide bonds. The number of nitrogens with zero attached hydrogens (tertiary/aromatic N) is 1. The van der Waals surface area contributed by atoms with Crippen LogP contribution in [-0.4, -0.2) is 35.9 Å². The van der Waals surface area contributed by atoms with Gasteiger partial charge in [-0.15, -0.1) is 0 Å². The monoisotopic (exact) mass is 324 g/mol. The first-order valence-corrected chi connectivity index (χ1v) is 8.97. The summed E-state index contributed by atoms with van der Waals surface area (Å²) in [4.78, 5) is 11.6. The van der Waals surface area contributed by atoms with Crippen molar-refractivity contribution >= 4 is 21.7 Å². The van der Waals surface area contributed by atoms with Crippen LogP contribution in [0.3, 0.4) is 0 Å². The Labute approximate surface area is 130 Å². The van der Waals surface area contributed by atoms with Gasteiger partial charge in [0.2, 0.25) is 10.0 Å². The zero-order valence-electron chi connectivity index (χ0n) is 12.2. The Bertz CT molecular complexity index is 689. The first-order valence-electron chi connectivity index (χ1n) is 7.53. The SMILES string of the molecule is Nc1cccc(S(=O)(=O)N2C(C(=O)O)CC3CCCCC32)c1. The largest absolute Gasteiger partial charge is 0.480 e. The number of rotatable bonds is 3. The van der Waals surface area contributed by atoms with Crippen LogP contribution in [0.4, 0.5) is 5.69 Å². The van der Waals surface area contributed by atoms with Gasteiger partial charge in [-0.3, -0.25) is 4.79 Å². The van der Waals surface area contributed by atoms with E-state index in [1.54, 1.807) is 12.1 Å². The summed E-state index contributed by atoms with van der Waals surface area (Å²) in [6.07, 6.45) is 4.02. The van der Waals surface area contributed by atoms with Gasteiger partial charge < -0.3 is 10.8 Å². The van der Waals surface area contributed by atoms with Crippen LogP contribution < -0.4 is 5.73 Å². The van der Waals surface area contributed by atoms with Crippen molar-refractivity contribution in [2.24, 2.45) is 5.92 Å². The molecule has 0 aromatic heterocycles. The van der Waals surface area contributed by atoms with Crippen LogP contribution in [0, 0.1) is 5.92 Å². The van der Waals surface area contributed by atoms with E-state index in [4.69, 9.17) is 5.73 Å². The van der Waals surface area contributed by atoms with Crippen LogP contribution in [-0.2, 0) is 14.8 Å². The summed E-state index contributed by atoms with van der Waals surface area (Å²) >= 11 is 0. The third-order valence-electron chi connectivity index (χ3n) is 4.75. The zero-order valence-corrected chi connectivity index (χ0v) is 13.0. The molecule has 2 fully saturated rings. The Morgan fingerprint density at radius 3 is 2.68 bits per heavy atom. The molecule has 120 valence electrons. The van der Waals surface area contributed by atoms with E-state index >= 15 is 0 Å². The van der Waals surface area contributed by atoms with Crippen molar-refractivity contribution in [3.05, 3.63) is 24.3 Å². The van der Waals surface area contributed by atoms with Gasteiger partial charge in [0.25, 0.3) is 0 Å². The molecule has 1 saturated carbocycles. The summed E-state index contributed by atoms with van der Waals surface area (Å²) in [5.74, 6) is -0.924. The van der Waals surface area contributed by atoms with Crippen molar-refractivity contribution < 1.29 is 18.3 Å². The molecule has 3 atom stereocenters. The van der Waals surface area contributed by atoms with E-state index < -0.39 is 22.0 Å². The van der Waals surface area contributed by atoms with Gasteiger partial charge in [0.1, 0.15) is 6.04 Å². The van der Waals surface area contributed by atoms with E-state index in [0.29, 0.717) is 12.1 Å². The molecular weight excluding hydrogens is 304 g/mol. The van der Waals surface area contributed by atoms with Crippen molar-refractivity contribution in [3.8, 4) is 0 Å². The molecular formula is C15H20N2O4S. The van der Waals surface area contributed by atoms with Gasteiger partial charge in [0.05, 0.1) is 4.90 Å². The number of fused-ring (bicyclic) bond motifs is 1. The average molecular weight is 324 g/mol. The molecule has 3 unspecified atom stereocenters. The van der Waals surface area contributed by atoms with Crippen molar-refractivity contribution in [3.63, 3.8) is 0 Å². The molecule has 2 aliphatic rings. The molecule has 1 aliphatic heterocycles. The summed E-state index contributed by atoms with van der Waals surface area (Å²) in [5, 5.41) is 9.46. The standard InChI is InChI=1S/C15H20N2O4S/c16-11-5-3-6-12(9-11)22(20,21)17-13-7-2-1-4-10(13)8-14(17)15(18)19/h3,5-6,9-10,13-14H,1-2,4,7-8,16H2,(H,18,19). The highest BCUT2D eigenvalue weighted by Crippen LogP contribution is 2.42. The smallest absolute Gasteiger partial charge is 0.322 e. The van der Waals surface area contributed by atoms with Crippen molar-refractivity contribution in [2.75, 3.05) is 5.73 Å². The fraction of sp³-hybridized carbons (Fsp3) is 0.533. The Balaban J connectivity index is 2.04. The second-order valence-corrected chi connectivity index (χ2v) is 7.95. The number of sulfonamides is 1. The summed E-state index contributed by atoms with van der Waals surface area (Å²) in [7, 11) is -3.85. The fourth-order valence-corrected chi connectivity index (χ4v) is 5.70. The molecule has 22 heavy (non-hydrogen) atoms. The predicted octanol–water partition coefficient (Wildman–Crippen LogP) is 1.68. The summed E-state index contributed by atoms with van der Waals surface area (Å²) in [6, 6.07) is 4.87. The number of aliphatic carboxylic acids is 1. The zero-order chi connectivity index (χ0) is 15.9. The molecule has 3 rings (SSSR count). The van der Waals surface area contributed by atoms with E-state index in [0.717, 1.165) is 25.7 Å². The van der Waals surface area contributed by atoms with Gasteiger partial charge in [-0.1, -0.05) is 18.9 Å². The molecule has 6 nitrogen and oxygen atoms in total. The van der Waals surface area contributed by atoms with Crippen LogP contribution in [0.5, 0.6) is 0 Å². The van der Waals surface area contributed by atoms with E-state index in [9.17, 15) is 18.3 Å². The van der Waals surface area contributed by atoms with Crippen LogP contribution in [0.1, 0.15) is 32.1 Å². The molecule has 1 saturated heterocycles. The molecule has 7 heteroatoms. The van der Waals surface area contributed by atoms with Crippen LogP contribution >= 0.6 is 0 Å². The molecule has 1 aromatic carbocycles. The number of carboxylic acid groups (broad SMARTS) is 1. The minimum atomic E-state index is -3.85. The van der Waals surface area contributed by atoms with E-state index in [1.807, 2.05) is 0 Å². The number of nitrogen functional groups attached to an aromatic ring is 1. The van der Waals surface area contributed by atoms with Gasteiger partial charge >= 0.3 is 5.97 Å². The molecule has 1 aliphatic carbocycles. The number of benzene rings is 1. The first-order chi connectivity index (χ1) is 10.4. The Morgan fingerprint density at radius 2 is 2.00 bits per heavy atom. The maximum absolute atomic E-state index is 13.0. The number of hydrogen-bond donors (Lipinski definition) is 2. The number of anilines is 1. The predicted molar refractivity (Wildman–Crippen MR) is 81.7 cm³/mol. The Kier molecular flexibility index (Phi) is 3.86. The van der Waals surface area contributed by atoms with Crippen molar-refractivity contribution in [2.45, 2.75) is 49.1 Å². The van der Waals surface area contributed by atoms with Gasteiger partial charge in [-0.25, -0.2) is 8.42 Å². The molecule has 3 N–H and O–H groups in total. The van der Waals surface area contributed by atoms with E-state index in [1.165, 1.54) is 16.4 Å². The molecule has 1 heterocycles. The van der Waals surface area contributed by atoms with Crippen LogP contribution in [0.25, 0.3) is 0 Å². The molecule has 0 bridgehead atoms. The normalized spacial score (nSPS) is 29.2. The molecule has 0 radical (unpaired) electrons. The highest BCUT2D eigenvalue weighted by molar-refractivity contribution is 7.89. The molecule has 1 aromatic rings. The first kappa shape index (κ1) is 15.3. The second-order valence-electron chi connectivity index (χ2n) is 6.11. The lowest BCUT2D eigenvalue weighted by Gasteiger charge is -2.32. The highest BCUT2D eigenvalue weighted by Gasteiger charge is 2.51. The van der Waals surface area contributed by atoms with Gasteiger partial charge in [0.15, 0.2) is 0 Å². The summed E-state index contributed by atoms with van der Waals surface area (Å²) < 4.78 is 27.2. The topological polar surface area (TPSA) is 101 Å². The quantitative estimate of drug-likeness (QED) is 0.824. The fourth-order valence-electron chi connectivity index (χ4n) is 3.77. The van der Waals surface area contributed by atoms with Gasteiger partial charge in [-0.2, -0.15) is 4.31 Å². The van der Waals surface area contributed by atoms with Crippen molar-refractivity contribution in [1.29, 1.82) is 0 Å². The van der Waals surface area contributed by atoms with Crippen LogP contribution in [0.15, 0.2) is 29.2 Å². The third kappa shape index (κ3) is 2.48. The Morgan fingerprint density at radius 1 is 1.27 bits per heavy atom. The number of carbonyl (C=O) groups is 1. The summed E-state index contributed by atoms with van der Waals surface area (Å²) in [6.45, 7) is 0. The Hall–Kier alpha value is -1.60. The number of hydrogen-bond acceptors (Lipinski definition) is 4. The van der Waals surface area contributed by atoms with E-state index in [2.05, 4.69) is 0 Å². The maximum atomic E-state index is 13.0. The average Bonchev–Trinajstić information content (AvgIpc) is 2.87.